The Balaban J connectivity index is 1.72. The predicted molar refractivity (Wildman–Crippen MR) is 106 cm³/mol. The topological polar surface area (TPSA) is 21.7 Å². The van der Waals surface area contributed by atoms with Crippen LogP contribution in [0.2, 0.25) is 0 Å². The molecule has 2 unspecified atom stereocenters. The van der Waals surface area contributed by atoms with Crippen LogP contribution in [0.3, 0.4) is 0 Å². The van der Waals surface area contributed by atoms with Crippen LogP contribution in [0.15, 0.2) is 48.1 Å². The van der Waals surface area contributed by atoms with Crippen molar-refractivity contribution in [1.29, 1.82) is 0 Å². The maximum atomic E-state index is 13.0. The molecule has 1 heterocycles. The third kappa shape index (κ3) is 4.87. The number of halogens is 4. The molecule has 1 aromatic rings. The molecular weight excluding hydrogens is 435 g/mol. The highest BCUT2D eigenvalue weighted by Gasteiger charge is 2.42. The average Bonchev–Trinajstić information content (AvgIpc) is 2.99. The number of hydrogen-bond donors (Lipinski definition) is 0. The minimum atomic E-state index is -4.36. The molecule has 0 saturated heterocycles. The van der Waals surface area contributed by atoms with E-state index < -0.39 is 21.7 Å². The van der Waals surface area contributed by atoms with Crippen LogP contribution in [0.4, 0.5) is 13.2 Å². The summed E-state index contributed by atoms with van der Waals surface area (Å²) >= 11 is 3.45. The van der Waals surface area contributed by atoms with Gasteiger partial charge in [-0.15, -0.1) is 0 Å². The molecule has 0 fully saturated rings. The Bertz CT molecular complexity index is 762. The predicted octanol–water partition coefficient (Wildman–Crippen LogP) is 4.96. The van der Waals surface area contributed by atoms with Crippen molar-refractivity contribution in [3.63, 3.8) is 0 Å². The van der Waals surface area contributed by atoms with Crippen molar-refractivity contribution in [2.75, 3.05) is 33.9 Å². The highest BCUT2D eigenvalue weighted by atomic mass is 79.9. The quantitative estimate of drug-likeness (QED) is 0.537. The Morgan fingerprint density at radius 3 is 2.68 bits per heavy atom. The molecular formula is C21H25BrF3NO2. The van der Waals surface area contributed by atoms with Crippen LogP contribution >= 0.6 is 15.9 Å². The molecule has 0 bridgehead atoms. The molecule has 3 nitrogen and oxygen atoms in total. The van der Waals surface area contributed by atoms with Gasteiger partial charge in [-0.3, -0.25) is 0 Å². The van der Waals surface area contributed by atoms with Gasteiger partial charge in [-0.2, -0.15) is 13.2 Å². The van der Waals surface area contributed by atoms with E-state index >= 15 is 0 Å². The molecule has 154 valence electrons. The summed E-state index contributed by atoms with van der Waals surface area (Å²) in [7, 11) is 4.00. The van der Waals surface area contributed by atoms with Crippen molar-refractivity contribution < 1.29 is 22.6 Å². The molecule has 1 aliphatic carbocycles. The van der Waals surface area contributed by atoms with Crippen LogP contribution in [-0.2, 0) is 21.7 Å². The van der Waals surface area contributed by atoms with Gasteiger partial charge in [0.15, 0.2) is 0 Å². The van der Waals surface area contributed by atoms with Crippen molar-refractivity contribution >= 4 is 15.9 Å². The lowest BCUT2D eigenvalue weighted by Gasteiger charge is -2.33. The van der Waals surface area contributed by atoms with Crippen molar-refractivity contribution in [1.82, 2.24) is 4.90 Å². The second kappa shape index (κ2) is 8.30. The Morgan fingerprint density at radius 2 is 1.96 bits per heavy atom. The molecule has 1 aromatic carbocycles. The van der Waals surface area contributed by atoms with Crippen LogP contribution in [0.1, 0.15) is 24.0 Å². The first-order valence-corrected chi connectivity index (χ1v) is 10.0. The first-order chi connectivity index (χ1) is 13.1. The lowest BCUT2D eigenvalue weighted by molar-refractivity contribution is -0.103. The standard InChI is InChI=1S/C21H25BrF3NO2/c1-26(2)11-10-20(18-8-4-3-6-16(18)13-28-20)15-27-14-19(22)9-5-7-17(12-19)21(23,24)25/h3-8,12H,9-11,13-15H2,1-2H3. The molecule has 3 rings (SSSR count). The zero-order valence-corrected chi connectivity index (χ0v) is 17.6. The van der Waals surface area contributed by atoms with Gasteiger partial charge >= 0.3 is 6.18 Å². The highest BCUT2D eigenvalue weighted by Crippen LogP contribution is 2.41. The fourth-order valence-electron chi connectivity index (χ4n) is 3.62. The van der Waals surface area contributed by atoms with Gasteiger partial charge in [0.05, 0.1) is 29.7 Å². The van der Waals surface area contributed by atoms with Gasteiger partial charge in [-0.25, -0.2) is 0 Å². The third-order valence-corrected chi connectivity index (χ3v) is 5.93. The van der Waals surface area contributed by atoms with Gasteiger partial charge in [0.25, 0.3) is 0 Å². The van der Waals surface area contributed by atoms with E-state index in [1.807, 2.05) is 32.3 Å². The lowest BCUT2D eigenvalue weighted by Crippen LogP contribution is -2.37. The molecule has 0 aromatic heterocycles. The van der Waals surface area contributed by atoms with Crippen LogP contribution in [0, 0.1) is 0 Å². The van der Waals surface area contributed by atoms with Crippen molar-refractivity contribution in [3.8, 4) is 0 Å². The summed E-state index contributed by atoms with van der Waals surface area (Å²) in [6.45, 7) is 1.77. The normalized spacial score (nSPS) is 27.2. The molecule has 0 radical (unpaired) electrons. The molecule has 2 aliphatic rings. The molecule has 7 heteroatoms. The number of nitrogens with zero attached hydrogens (tertiary/aromatic N) is 1. The summed E-state index contributed by atoms with van der Waals surface area (Å²) in [5, 5.41) is 0. The Kier molecular flexibility index (Phi) is 6.39. The van der Waals surface area contributed by atoms with Gasteiger partial charge in [0.1, 0.15) is 5.60 Å². The van der Waals surface area contributed by atoms with Gasteiger partial charge in [-0.1, -0.05) is 58.4 Å². The van der Waals surface area contributed by atoms with E-state index in [0.29, 0.717) is 19.6 Å². The second-order valence-electron chi connectivity index (χ2n) is 7.72. The second-order valence-corrected chi connectivity index (χ2v) is 9.30. The van der Waals surface area contributed by atoms with E-state index in [0.717, 1.165) is 30.2 Å². The van der Waals surface area contributed by atoms with E-state index in [-0.39, 0.29) is 6.61 Å². The van der Waals surface area contributed by atoms with Crippen LogP contribution < -0.4 is 0 Å². The SMILES string of the molecule is CN(C)CCC1(COCC2(Br)C=C(C(F)(F)F)C=CC2)OCc2ccccc21. The molecule has 0 amide bonds. The van der Waals surface area contributed by atoms with E-state index in [2.05, 4.69) is 26.9 Å². The largest absolute Gasteiger partial charge is 0.416 e. The summed E-state index contributed by atoms with van der Waals surface area (Å²) in [6, 6.07) is 8.06. The number of hydrogen-bond acceptors (Lipinski definition) is 3. The van der Waals surface area contributed by atoms with E-state index in [1.165, 1.54) is 12.2 Å². The number of fused-ring (bicyclic) bond motifs is 1. The first-order valence-electron chi connectivity index (χ1n) is 9.24. The van der Waals surface area contributed by atoms with E-state index in [4.69, 9.17) is 9.47 Å². The van der Waals surface area contributed by atoms with Gasteiger partial charge in [0, 0.05) is 6.54 Å². The Morgan fingerprint density at radius 1 is 1.21 bits per heavy atom. The molecule has 0 N–H and O–H groups in total. The van der Waals surface area contributed by atoms with Crippen LogP contribution in [0.25, 0.3) is 0 Å². The monoisotopic (exact) mass is 459 g/mol. The molecule has 28 heavy (non-hydrogen) atoms. The summed E-state index contributed by atoms with van der Waals surface area (Å²) in [5.41, 5.74) is 1.02. The summed E-state index contributed by atoms with van der Waals surface area (Å²) < 4.78 is 50.4. The van der Waals surface area contributed by atoms with Crippen molar-refractivity contribution in [2.45, 2.75) is 35.6 Å². The van der Waals surface area contributed by atoms with Crippen molar-refractivity contribution in [3.05, 3.63) is 59.2 Å². The Labute approximate surface area is 172 Å². The third-order valence-electron chi connectivity index (χ3n) is 5.15. The zero-order chi connectivity index (χ0) is 20.4. The maximum absolute atomic E-state index is 13.0. The fourth-order valence-corrected chi connectivity index (χ4v) is 4.21. The number of allylic oxidation sites excluding steroid dienone is 3. The Hall–Kier alpha value is -1.15. The molecule has 0 saturated carbocycles. The smallest absolute Gasteiger partial charge is 0.376 e. The fraction of sp³-hybridized carbons (Fsp3) is 0.524. The number of benzene rings is 1. The minimum Gasteiger partial charge on any atom is -0.376 e. The maximum Gasteiger partial charge on any atom is 0.416 e. The molecule has 0 spiro atoms. The lowest BCUT2D eigenvalue weighted by atomic mass is 9.89. The average molecular weight is 460 g/mol. The van der Waals surface area contributed by atoms with E-state index in [1.54, 1.807) is 0 Å². The first kappa shape index (κ1) is 21.6. The zero-order valence-electron chi connectivity index (χ0n) is 16.1. The van der Waals surface area contributed by atoms with Crippen LogP contribution in [-0.4, -0.2) is 49.3 Å². The van der Waals surface area contributed by atoms with Gasteiger partial charge in [0.2, 0.25) is 0 Å². The number of rotatable bonds is 7. The van der Waals surface area contributed by atoms with Crippen LogP contribution in [0.5, 0.6) is 0 Å². The van der Waals surface area contributed by atoms with E-state index in [9.17, 15) is 13.2 Å². The van der Waals surface area contributed by atoms with Crippen molar-refractivity contribution in [2.24, 2.45) is 0 Å². The molecule has 1 aliphatic heterocycles. The number of ether oxygens (including phenoxy) is 2. The summed E-state index contributed by atoms with van der Waals surface area (Å²) in [6.07, 6.45) is 0.683. The minimum absolute atomic E-state index is 0.131. The number of alkyl halides is 4. The molecule has 2 atom stereocenters. The van der Waals surface area contributed by atoms with Gasteiger partial charge in [-0.05, 0) is 38.1 Å². The summed E-state index contributed by atoms with van der Waals surface area (Å²) in [5.74, 6) is 0. The van der Waals surface area contributed by atoms with Gasteiger partial charge < -0.3 is 14.4 Å². The highest BCUT2D eigenvalue weighted by molar-refractivity contribution is 9.10. The summed E-state index contributed by atoms with van der Waals surface area (Å²) in [4.78, 5) is 2.09.